The Hall–Kier alpha value is -3.38. The number of halogens is 1. The fraction of sp³-hybridized carbons (Fsp3) is 0.208. The maximum atomic E-state index is 12.1. The molecule has 3 aromatic carbocycles. The third kappa shape index (κ3) is 6.83. The Morgan fingerprint density at radius 3 is 2.29 bits per heavy atom. The van der Waals surface area contributed by atoms with Crippen LogP contribution < -0.4 is 24.8 Å². The van der Waals surface area contributed by atoms with Gasteiger partial charge in [0.15, 0.2) is 18.1 Å². The van der Waals surface area contributed by atoms with E-state index in [1.807, 2.05) is 43.3 Å². The topological polar surface area (TPSA) is 68.8 Å². The van der Waals surface area contributed by atoms with Crippen LogP contribution in [-0.2, 0) is 11.3 Å². The van der Waals surface area contributed by atoms with Crippen LogP contribution in [0.2, 0.25) is 5.02 Å². The molecule has 0 heterocycles. The van der Waals surface area contributed by atoms with Crippen molar-refractivity contribution in [3.05, 3.63) is 77.3 Å². The standard InChI is InChI=1S/C24H25ClN2O4/c1-3-30-21-11-9-19(10-12-21)26-15-17-4-13-22(23(14-17)29-2)31-16-24(28)27-20-7-5-18(25)6-8-20/h4-14,26H,3,15-16H2,1-2H3,(H,27,28). The van der Waals surface area contributed by atoms with E-state index in [9.17, 15) is 4.79 Å². The van der Waals surface area contributed by atoms with E-state index in [1.54, 1.807) is 37.4 Å². The van der Waals surface area contributed by atoms with E-state index in [2.05, 4.69) is 10.6 Å². The molecule has 0 saturated carbocycles. The maximum Gasteiger partial charge on any atom is 0.262 e. The predicted octanol–water partition coefficient (Wildman–Crippen LogP) is 5.38. The largest absolute Gasteiger partial charge is 0.494 e. The highest BCUT2D eigenvalue weighted by Crippen LogP contribution is 2.28. The van der Waals surface area contributed by atoms with Crippen LogP contribution in [0.1, 0.15) is 12.5 Å². The van der Waals surface area contributed by atoms with Gasteiger partial charge in [-0.05, 0) is 73.2 Å². The van der Waals surface area contributed by atoms with Gasteiger partial charge in [-0.3, -0.25) is 4.79 Å². The SMILES string of the molecule is CCOc1ccc(NCc2ccc(OCC(=O)Nc3ccc(Cl)cc3)c(OC)c2)cc1. The van der Waals surface area contributed by atoms with Crippen LogP contribution in [0.25, 0.3) is 0 Å². The van der Waals surface area contributed by atoms with Crippen LogP contribution in [0.15, 0.2) is 66.7 Å². The average Bonchev–Trinajstić information content (AvgIpc) is 2.79. The minimum absolute atomic E-state index is 0.136. The van der Waals surface area contributed by atoms with Crippen LogP contribution in [0.5, 0.6) is 17.2 Å². The van der Waals surface area contributed by atoms with Crippen LogP contribution in [-0.4, -0.2) is 26.2 Å². The Kier molecular flexibility index (Phi) is 8.01. The summed E-state index contributed by atoms with van der Waals surface area (Å²) in [7, 11) is 1.57. The molecule has 2 N–H and O–H groups in total. The molecule has 31 heavy (non-hydrogen) atoms. The van der Waals surface area contributed by atoms with Crippen molar-refractivity contribution in [1.29, 1.82) is 0 Å². The zero-order valence-electron chi connectivity index (χ0n) is 17.5. The van der Waals surface area contributed by atoms with E-state index in [1.165, 1.54) is 0 Å². The lowest BCUT2D eigenvalue weighted by molar-refractivity contribution is -0.118. The second-order valence-corrected chi connectivity index (χ2v) is 7.08. The third-order valence-corrected chi connectivity index (χ3v) is 4.63. The van der Waals surface area contributed by atoms with Gasteiger partial charge in [-0.15, -0.1) is 0 Å². The number of amides is 1. The Morgan fingerprint density at radius 2 is 1.61 bits per heavy atom. The third-order valence-electron chi connectivity index (χ3n) is 4.38. The first-order chi connectivity index (χ1) is 15.1. The number of benzene rings is 3. The van der Waals surface area contributed by atoms with Gasteiger partial charge in [0.2, 0.25) is 0 Å². The molecule has 0 fully saturated rings. The van der Waals surface area contributed by atoms with Gasteiger partial charge in [0, 0.05) is 22.9 Å². The van der Waals surface area contributed by atoms with E-state index < -0.39 is 0 Å². The summed E-state index contributed by atoms with van der Waals surface area (Å²) >= 11 is 5.85. The lowest BCUT2D eigenvalue weighted by Crippen LogP contribution is -2.20. The number of hydrogen-bond donors (Lipinski definition) is 2. The summed E-state index contributed by atoms with van der Waals surface area (Å²) in [5, 5.41) is 6.72. The van der Waals surface area contributed by atoms with Gasteiger partial charge >= 0.3 is 0 Å². The number of ether oxygens (including phenoxy) is 3. The zero-order chi connectivity index (χ0) is 22.1. The molecule has 1 amide bonds. The summed E-state index contributed by atoms with van der Waals surface area (Å²) in [5.74, 6) is 1.63. The number of hydrogen-bond acceptors (Lipinski definition) is 5. The first-order valence-electron chi connectivity index (χ1n) is 9.89. The minimum atomic E-state index is -0.273. The number of nitrogens with one attached hydrogen (secondary N) is 2. The fourth-order valence-corrected chi connectivity index (χ4v) is 2.98. The maximum absolute atomic E-state index is 12.1. The molecule has 0 atom stereocenters. The first-order valence-corrected chi connectivity index (χ1v) is 10.3. The van der Waals surface area contributed by atoms with E-state index >= 15 is 0 Å². The van der Waals surface area contributed by atoms with Gasteiger partial charge in [0.25, 0.3) is 5.91 Å². The van der Waals surface area contributed by atoms with Gasteiger partial charge in [-0.25, -0.2) is 0 Å². The van der Waals surface area contributed by atoms with Crippen molar-refractivity contribution in [2.24, 2.45) is 0 Å². The van der Waals surface area contributed by atoms with Crippen molar-refractivity contribution in [1.82, 2.24) is 0 Å². The van der Waals surface area contributed by atoms with Gasteiger partial charge in [0.1, 0.15) is 5.75 Å². The molecule has 0 aliphatic rings. The molecule has 0 radical (unpaired) electrons. The normalized spacial score (nSPS) is 10.3. The molecule has 3 rings (SSSR count). The zero-order valence-corrected chi connectivity index (χ0v) is 18.2. The van der Waals surface area contributed by atoms with Gasteiger partial charge < -0.3 is 24.8 Å². The van der Waals surface area contributed by atoms with Crippen molar-refractivity contribution in [3.8, 4) is 17.2 Å². The quantitative estimate of drug-likeness (QED) is 0.443. The summed E-state index contributed by atoms with van der Waals surface area (Å²) in [5.41, 5.74) is 2.66. The molecule has 0 aromatic heterocycles. The highest BCUT2D eigenvalue weighted by Gasteiger charge is 2.09. The molecular weight excluding hydrogens is 416 g/mol. The van der Waals surface area contributed by atoms with Crippen LogP contribution in [0.3, 0.4) is 0 Å². The highest BCUT2D eigenvalue weighted by atomic mass is 35.5. The van der Waals surface area contributed by atoms with Crippen molar-refractivity contribution >= 4 is 28.9 Å². The molecule has 0 aliphatic heterocycles. The van der Waals surface area contributed by atoms with Crippen LogP contribution in [0, 0.1) is 0 Å². The van der Waals surface area contributed by atoms with Crippen LogP contribution >= 0.6 is 11.6 Å². The van der Waals surface area contributed by atoms with Gasteiger partial charge in [0.05, 0.1) is 13.7 Å². The number of carbonyl (C=O) groups is 1. The molecule has 0 unspecified atom stereocenters. The summed E-state index contributed by atoms with van der Waals surface area (Å²) in [6, 6.07) is 20.3. The molecule has 6 nitrogen and oxygen atoms in total. The van der Waals surface area contributed by atoms with Crippen molar-refractivity contribution in [2.45, 2.75) is 13.5 Å². The number of anilines is 2. The lowest BCUT2D eigenvalue weighted by Gasteiger charge is -2.13. The molecule has 3 aromatic rings. The number of rotatable bonds is 10. The highest BCUT2D eigenvalue weighted by molar-refractivity contribution is 6.30. The Bertz CT molecular complexity index is 991. The summed E-state index contributed by atoms with van der Waals surface area (Å²) in [6.07, 6.45) is 0. The van der Waals surface area contributed by atoms with Crippen LogP contribution in [0.4, 0.5) is 11.4 Å². The van der Waals surface area contributed by atoms with Gasteiger partial charge in [-0.2, -0.15) is 0 Å². The monoisotopic (exact) mass is 440 g/mol. The predicted molar refractivity (Wildman–Crippen MR) is 124 cm³/mol. The Morgan fingerprint density at radius 1 is 0.903 bits per heavy atom. The smallest absolute Gasteiger partial charge is 0.262 e. The molecular formula is C24H25ClN2O4. The van der Waals surface area contributed by atoms with E-state index in [0.717, 1.165) is 17.0 Å². The summed E-state index contributed by atoms with van der Waals surface area (Å²) < 4.78 is 16.5. The minimum Gasteiger partial charge on any atom is -0.494 e. The lowest BCUT2D eigenvalue weighted by atomic mass is 10.2. The molecule has 162 valence electrons. The van der Waals surface area contributed by atoms with Crippen molar-refractivity contribution < 1.29 is 19.0 Å². The molecule has 0 aliphatic carbocycles. The number of carbonyl (C=O) groups excluding carboxylic acids is 1. The Labute approximate surface area is 187 Å². The van der Waals surface area contributed by atoms with Crippen molar-refractivity contribution in [3.63, 3.8) is 0 Å². The average molecular weight is 441 g/mol. The van der Waals surface area contributed by atoms with E-state index in [-0.39, 0.29) is 12.5 Å². The summed E-state index contributed by atoms with van der Waals surface area (Å²) in [4.78, 5) is 12.1. The number of methoxy groups -OCH3 is 1. The Balaban J connectivity index is 1.54. The first kappa shape index (κ1) is 22.3. The molecule has 0 bridgehead atoms. The van der Waals surface area contributed by atoms with E-state index in [0.29, 0.717) is 35.4 Å². The summed E-state index contributed by atoms with van der Waals surface area (Å²) in [6.45, 7) is 3.08. The van der Waals surface area contributed by atoms with E-state index in [4.69, 9.17) is 25.8 Å². The fourth-order valence-electron chi connectivity index (χ4n) is 2.85. The second-order valence-electron chi connectivity index (χ2n) is 6.64. The molecule has 0 saturated heterocycles. The van der Waals surface area contributed by atoms with Crippen molar-refractivity contribution in [2.75, 3.05) is 31.0 Å². The van der Waals surface area contributed by atoms with Gasteiger partial charge in [-0.1, -0.05) is 17.7 Å². The second kappa shape index (κ2) is 11.1. The molecule has 0 spiro atoms. The molecule has 7 heteroatoms.